The molecule has 0 aliphatic heterocycles. The van der Waals surface area contributed by atoms with Crippen molar-refractivity contribution in [1.82, 2.24) is 10.3 Å². The minimum absolute atomic E-state index is 0.265. The highest BCUT2D eigenvalue weighted by molar-refractivity contribution is 5.95. The largest absolute Gasteiger partial charge is 0.467 e. The average molecular weight is 312 g/mol. The Morgan fingerprint density at radius 2 is 1.96 bits per heavy atom. The van der Waals surface area contributed by atoms with Gasteiger partial charge in [0.05, 0.1) is 7.11 Å². The molecule has 1 amide bonds. The number of hydrogen-bond acceptors (Lipinski definition) is 4. The topological polar surface area (TPSA) is 68.3 Å². The van der Waals surface area contributed by atoms with Crippen LogP contribution < -0.4 is 5.32 Å². The van der Waals surface area contributed by atoms with E-state index in [-0.39, 0.29) is 5.69 Å². The summed E-state index contributed by atoms with van der Waals surface area (Å²) in [4.78, 5) is 28.2. The van der Waals surface area contributed by atoms with Gasteiger partial charge in [0.2, 0.25) is 0 Å². The third kappa shape index (κ3) is 4.39. The van der Waals surface area contributed by atoms with E-state index in [9.17, 15) is 9.59 Å². The number of benzene rings is 1. The molecule has 120 valence electrons. The molecule has 0 saturated carbocycles. The Balaban J connectivity index is 2.15. The molecule has 0 unspecified atom stereocenters. The van der Waals surface area contributed by atoms with Crippen LogP contribution in [0.15, 0.2) is 42.6 Å². The van der Waals surface area contributed by atoms with Gasteiger partial charge < -0.3 is 10.1 Å². The Labute approximate surface area is 135 Å². The van der Waals surface area contributed by atoms with Gasteiger partial charge in [-0.25, -0.2) is 4.79 Å². The van der Waals surface area contributed by atoms with Crippen molar-refractivity contribution in [1.29, 1.82) is 0 Å². The van der Waals surface area contributed by atoms with Crippen LogP contribution in [0.1, 0.15) is 27.2 Å². The number of nitrogens with one attached hydrogen (secondary N) is 1. The molecule has 1 aromatic carbocycles. The Kier molecular flexibility index (Phi) is 5.46. The molecule has 5 nitrogen and oxygen atoms in total. The van der Waals surface area contributed by atoms with Crippen molar-refractivity contribution >= 4 is 11.9 Å². The van der Waals surface area contributed by atoms with Crippen molar-refractivity contribution in [3.05, 3.63) is 65.0 Å². The fourth-order valence-electron chi connectivity index (χ4n) is 2.23. The van der Waals surface area contributed by atoms with Gasteiger partial charge in [-0.3, -0.25) is 9.78 Å². The van der Waals surface area contributed by atoms with Gasteiger partial charge in [-0.15, -0.1) is 0 Å². The lowest BCUT2D eigenvalue weighted by Gasteiger charge is -2.17. The van der Waals surface area contributed by atoms with Crippen LogP contribution >= 0.6 is 0 Å². The van der Waals surface area contributed by atoms with E-state index in [1.807, 2.05) is 32.0 Å². The summed E-state index contributed by atoms with van der Waals surface area (Å²) in [5, 5.41) is 2.69. The molecule has 2 rings (SSSR count). The minimum atomic E-state index is -0.753. The lowest BCUT2D eigenvalue weighted by molar-refractivity contribution is -0.142. The zero-order chi connectivity index (χ0) is 16.8. The molecule has 0 radical (unpaired) electrons. The minimum Gasteiger partial charge on any atom is -0.467 e. The summed E-state index contributed by atoms with van der Waals surface area (Å²) in [6.45, 7) is 4.04. The van der Waals surface area contributed by atoms with Crippen molar-refractivity contribution in [2.24, 2.45) is 0 Å². The van der Waals surface area contributed by atoms with Gasteiger partial charge in [-0.2, -0.15) is 0 Å². The number of pyridine rings is 1. The number of aromatic nitrogens is 1. The summed E-state index contributed by atoms with van der Waals surface area (Å²) >= 11 is 0. The zero-order valence-electron chi connectivity index (χ0n) is 13.5. The van der Waals surface area contributed by atoms with Gasteiger partial charge in [-0.1, -0.05) is 24.3 Å². The Bertz CT molecular complexity index is 699. The van der Waals surface area contributed by atoms with Crippen LogP contribution in [0, 0.1) is 13.8 Å². The number of esters is 1. The number of hydrogen-bond donors (Lipinski definition) is 1. The van der Waals surface area contributed by atoms with Crippen molar-refractivity contribution in [2.75, 3.05) is 7.11 Å². The number of nitrogens with zero attached hydrogens (tertiary/aromatic N) is 1. The number of aryl methyl sites for hydroxylation is 2. The first-order valence-electron chi connectivity index (χ1n) is 7.37. The number of ether oxygens (including phenoxy) is 1. The van der Waals surface area contributed by atoms with E-state index in [0.29, 0.717) is 6.42 Å². The van der Waals surface area contributed by atoms with E-state index in [1.54, 1.807) is 18.2 Å². The van der Waals surface area contributed by atoms with E-state index in [0.717, 1.165) is 11.1 Å². The first kappa shape index (κ1) is 16.7. The second-order valence-corrected chi connectivity index (χ2v) is 5.39. The lowest BCUT2D eigenvalue weighted by Crippen LogP contribution is -2.43. The van der Waals surface area contributed by atoms with E-state index in [2.05, 4.69) is 10.3 Å². The van der Waals surface area contributed by atoms with E-state index >= 15 is 0 Å². The standard InChI is InChI=1S/C18H20N2O3/c1-12-7-8-14(10-13(12)2)11-16(18(22)23-3)20-17(21)15-6-4-5-9-19-15/h4-10,16H,11H2,1-3H3,(H,20,21)/t16-/m0/s1. The average Bonchev–Trinajstić information content (AvgIpc) is 2.57. The van der Waals surface area contributed by atoms with Crippen molar-refractivity contribution < 1.29 is 14.3 Å². The van der Waals surface area contributed by atoms with Crippen molar-refractivity contribution in [3.63, 3.8) is 0 Å². The molecule has 0 aliphatic rings. The number of amides is 1. The second kappa shape index (κ2) is 7.54. The smallest absolute Gasteiger partial charge is 0.328 e. The predicted molar refractivity (Wildman–Crippen MR) is 87.1 cm³/mol. The van der Waals surface area contributed by atoms with E-state index < -0.39 is 17.9 Å². The Morgan fingerprint density at radius 1 is 1.17 bits per heavy atom. The third-order valence-electron chi connectivity index (χ3n) is 3.70. The van der Waals surface area contributed by atoms with Crippen molar-refractivity contribution in [2.45, 2.75) is 26.3 Å². The quantitative estimate of drug-likeness (QED) is 0.860. The van der Waals surface area contributed by atoms with Crippen LogP contribution in [0.2, 0.25) is 0 Å². The SMILES string of the molecule is COC(=O)[C@H](Cc1ccc(C)c(C)c1)NC(=O)c1ccccn1. The highest BCUT2D eigenvalue weighted by atomic mass is 16.5. The number of rotatable bonds is 5. The lowest BCUT2D eigenvalue weighted by atomic mass is 10.0. The Hall–Kier alpha value is -2.69. The first-order chi connectivity index (χ1) is 11.0. The summed E-state index contributed by atoms with van der Waals surface area (Å²) in [6.07, 6.45) is 1.90. The first-order valence-corrected chi connectivity index (χ1v) is 7.37. The maximum atomic E-state index is 12.2. The maximum absolute atomic E-state index is 12.2. The highest BCUT2D eigenvalue weighted by Crippen LogP contribution is 2.12. The molecule has 2 aromatic rings. The van der Waals surface area contributed by atoms with Gasteiger partial charge >= 0.3 is 5.97 Å². The van der Waals surface area contributed by atoms with E-state index in [4.69, 9.17) is 4.74 Å². The van der Waals surface area contributed by atoms with Crippen LogP contribution in [0.3, 0.4) is 0 Å². The Morgan fingerprint density at radius 3 is 2.57 bits per heavy atom. The maximum Gasteiger partial charge on any atom is 0.328 e. The number of methoxy groups -OCH3 is 1. The highest BCUT2D eigenvalue weighted by Gasteiger charge is 2.23. The molecular weight excluding hydrogens is 292 g/mol. The summed E-state index contributed by atoms with van der Waals surface area (Å²) in [7, 11) is 1.31. The molecule has 0 bridgehead atoms. The second-order valence-electron chi connectivity index (χ2n) is 5.39. The molecular formula is C18H20N2O3. The van der Waals surface area contributed by atoms with Crippen LogP contribution in [0.5, 0.6) is 0 Å². The number of carbonyl (C=O) groups excluding carboxylic acids is 2. The normalized spacial score (nSPS) is 11.6. The molecule has 1 N–H and O–H groups in total. The molecule has 5 heteroatoms. The van der Waals surface area contributed by atoms with Gasteiger partial charge in [0.15, 0.2) is 0 Å². The summed E-state index contributed by atoms with van der Waals surface area (Å²) in [5.74, 6) is -0.877. The van der Waals surface area contributed by atoms with Gasteiger partial charge in [-0.05, 0) is 42.7 Å². The zero-order valence-corrected chi connectivity index (χ0v) is 13.5. The fraction of sp³-hybridized carbons (Fsp3) is 0.278. The number of carbonyl (C=O) groups is 2. The van der Waals surface area contributed by atoms with E-state index in [1.165, 1.54) is 18.9 Å². The van der Waals surface area contributed by atoms with Crippen LogP contribution in [-0.2, 0) is 16.0 Å². The molecule has 1 heterocycles. The molecule has 1 aromatic heterocycles. The predicted octanol–water partition coefficient (Wildman–Crippen LogP) is 2.21. The molecule has 0 spiro atoms. The van der Waals surface area contributed by atoms with Crippen LogP contribution in [0.4, 0.5) is 0 Å². The fourth-order valence-corrected chi connectivity index (χ4v) is 2.23. The van der Waals surface area contributed by atoms with Gasteiger partial charge in [0.1, 0.15) is 11.7 Å². The molecule has 0 saturated heterocycles. The summed E-state index contributed by atoms with van der Waals surface area (Å²) < 4.78 is 4.80. The summed E-state index contributed by atoms with van der Waals surface area (Å²) in [5.41, 5.74) is 3.55. The van der Waals surface area contributed by atoms with Crippen molar-refractivity contribution in [3.8, 4) is 0 Å². The third-order valence-corrected chi connectivity index (χ3v) is 3.70. The molecule has 1 atom stereocenters. The molecule has 23 heavy (non-hydrogen) atoms. The van der Waals surface area contributed by atoms with Crippen LogP contribution in [-0.4, -0.2) is 30.0 Å². The monoisotopic (exact) mass is 312 g/mol. The van der Waals surface area contributed by atoms with Gasteiger partial charge in [0.25, 0.3) is 5.91 Å². The molecule has 0 aliphatic carbocycles. The van der Waals surface area contributed by atoms with Crippen LogP contribution in [0.25, 0.3) is 0 Å². The molecule has 0 fully saturated rings. The van der Waals surface area contributed by atoms with Gasteiger partial charge in [0, 0.05) is 12.6 Å². The summed E-state index contributed by atoms with van der Waals surface area (Å²) in [6, 6.07) is 10.3.